The van der Waals surface area contributed by atoms with Crippen LogP contribution in [0.15, 0.2) is 18.3 Å². The van der Waals surface area contributed by atoms with E-state index in [9.17, 15) is 18.4 Å². The number of amides is 2. The van der Waals surface area contributed by atoms with Gasteiger partial charge in [-0.05, 0) is 18.6 Å². The molecule has 1 spiro atoms. The van der Waals surface area contributed by atoms with Gasteiger partial charge < -0.3 is 14.5 Å². The van der Waals surface area contributed by atoms with Crippen LogP contribution in [0.5, 0.6) is 5.88 Å². The highest BCUT2D eigenvalue weighted by molar-refractivity contribution is 5.97. The van der Waals surface area contributed by atoms with Crippen molar-refractivity contribution in [3.63, 3.8) is 0 Å². The summed E-state index contributed by atoms with van der Waals surface area (Å²) in [4.78, 5) is 31.6. The van der Waals surface area contributed by atoms with Crippen molar-refractivity contribution in [2.45, 2.75) is 18.8 Å². The molecule has 2 aliphatic heterocycles. The number of carbonyl (C=O) groups excluding carboxylic acids is 2. The van der Waals surface area contributed by atoms with E-state index in [2.05, 4.69) is 4.98 Å². The second-order valence-corrected chi connectivity index (χ2v) is 6.51. The molecule has 0 bridgehead atoms. The first-order chi connectivity index (χ1) is 11.3. The molecule has 6 nitrogen and oxygen atoms in total. The molecule has 2 fully saturated rings. The van der Waals surface area contributed by atoms with Crippen molar-refractivity contribution in [3.8, 4) is 5.88 Å². The number of hydrogen-bond donors (Lipinski definition) is 0. The highest BCUT2D eigenvalue weighted by Gasteiger charge is 2.57. The lowest BCUT2D eigenvalue weighted by Crippen LogP contribution is -2.57. The predicted molar refractivity (Wildman–Crippen MR) is 80.9 cm³/mol. The Morgan fingerprint density at radius 1 is 1.38 bits per heavy atom. The summed E-state index contributed by atoms with van der Waals surface area (Å²) < 4.78 is 33.6. The van der Waals surface area contributed by atoms with E-state index in [0.29, 0.717) is 13.0 Å². The van der Waals surface area contributed by atoms with Gasteiger partial charge in [0.15, 0.2) is 0 Å². The molecule has 3 heterocycles. The van der Waals surface area contributed by atoms with Gasteiger partial charge in [-0.25, -0.2) is 13.8 Å². The number of rotatable bonds is 2. The quantitative estimate of drug-likeness (QED) is 0.818. The van der Waals surface area contributed by atoms with Crippen LogP contribution in [-0.4, -0.2) is 66.3 Å². The zero-order valence-corrected chi connectivity index (χ0v) is 13.6. The van der Waals surface area contributed by atoms with Gasteiger partial charge in [0.25, 0.3) is 11.8 Å². The molecule has 0 saturated carbocycles. The third kappa shape index (κ3) is 2.70. The van der Waals surface area contributed by atoms with E-state index in [4.69, 9.17) is 4.74 Å². The largest absolute Gasteiger partial charge is 0.480 e. The van der Waals surface area contributed by atoms with Crippen LogP contribution in [0.25, 0.3) is 0 Å². The summed E-state index contributed by atoms with van der Waals surface area (Å²) in [6.45, 7) is -0.293. The van der Waals surface area contributed by atoms with E-state index < -0.39 is 30.2 Å². The first kappa shape index (κ1) is 16.6. The number of hydrogen-bond acceptors (Lipinski definition) is 4. The van der Waals surface area contributed by atoms with E-state index in [1.54, 1.807) is 13.1 Å². The predicted octanol–water partition coefficient (Wildman–Crippen LogP) is 1.42. The molecule has 0 radical (unpaired) electrons. The molecule has 0 unspecified atom stereocenters. The maximum absolute atomic E-state index is 14.3. The molecular formula is C16H19F2N3O3. The molecule has 2 amide bonds. The van der Waals surface area contributed by atoms with E-state index in [-0.39, 0.29) is 23.9 Å². The maximum atomic E-state index is 14.3. The van der Waals surface area contributed by atoms with Gasteiger partial charge in [-0.1, -0.05) is 0 Å². The molecule has 1 atom stereocenters. The van der Waals surface area contributed by atoms with Crippen molar-refractivity contribution in [2.24, 2.45) is 5.41 Å². The molecule has 1 aromatic heterocycles. The average molecular weight is 339 g/mol. The van der Waals surface area contributed by atoms with Gasteiger partial charge in [-0.3, -0.25) is 9.59 Å². The lowest BCUT2D eigenvalue weighted by Gasteiger charge is -2.42. The molecule has 2 aliphatic rings. The van der Waals surface area contributed by atoms with Crippen LogP contribution < -0.4 is 4.74 Å². The van der Waals surface area contributed by atoms with Crippen molar-refractivity contribution in [1.29, 1.82) is 0 Å². The Labute approximate surface area is 138 Å². The first-order valence-corrected chi connectivity index (χ1v) is 7.70. The van der Waals surface area contributed by atoms with Gasteiger partial charge >= 0.3 is 0 Å². The Hall–Kier alpha value is -2.25. The van der Waals surface area contributed by atoms with Gasteiger partial charge in [0, 0.05) is 32.8 Å². The van der Waals surface area contributed by atoms with Crippen LogP contribution in [0.3, 0.4) is 0 Å². The fourth-order valence-electron chi connectivity index (χ4n) is 3.64. The molecule has 3 rings (SSSR count). The van der Waals surface area contributed by atoms with E-state index in [0.717, 1.165) is 4.90 Å². The molecule has 2 saturated heterocycles. The highest BCUT2D eigenvalue weighted by atomic mass is 19.3. The average Bonchev–Trinajstić information content (AvgIpc) is 2.81. The standard InChI is InChI=1S/C16H19F2N3O3/c1-20-7-5-15(14(20)23)8-16(17,18)10-21(9-15)13(22)11-4-3-6-19-12(11)24-2/h3-4,6H,5,7-10H2,1-2H3/t15-/m1/s1. The number of ether oxygens (including phenoxy) is 1. The molecule has 0 aromatic carbocycles. The second-order valence-electron chi connectivity index (χ2n) is 6.51. The van der Waals surface area contributed by atoms with Crippen LogP contribution in [0.4, 0.5) is 8.78 Å². The number of halogens is 2. The number of piperidine rings is 1. The Kier molecular flexibility index (Phi) is 3.93. The zero-order chi connectivity index (χ0) is 17.5. The summed E-state index contributed by atoms with van der Waals surface area (Å²) in [5, 5.41) is 0. The molecule has 130 valence electrons. The fraction of sp³-hybridized carbons (Fsp3) is 0.562. The fourth-order valence-corrected chi connectivity index (χ4v) is 3.64. The Balaban J connectivity index is 1.93. The summed E-state index contributed by atoms with van der Waals surface area (Å²) >= 11 is 0. The zero-order valence-electron chi connectivity index (χ0n) is 13.6. The van der Waals surface area contributed by atoms with Gasteiger partial charge in [0.2, 0.25) is 11.8 Å². The van der Waals surface area contributed by atoms with Crippen molar-refractivity contribution >= 4 is 11.8 Å². The van der Waals surface area contributed by atoms with Gasteiger partial charge in [-0.2, -0.15) is 0 Å². The summed E-state index contributed by atoms with van der Waals surface area (Å²) in [5.41, 5.74) is -1.09. The minimum Gasteiger partial charge on any atom is -0.480 e. The number of alkyl halides is 2. The SMILES string of the molecule is COc1ncccc1C(=O)N1CC(F)(F)C[C@]2(CCN(C)C2=O)C1. The Bertz CT molecular complexity index is 682. The number of carbonyl (C=O) groups is 2. The van der Waals surface area contributed by atoms with Crippen LogP contribution in [0.1, 0.15) is 23.2 Å². The van der Waals surface area contributed by atoms with Crippen LogP contribution >= 0.6 is 0 Å². The molecule has 0 N–H and O–H groups in total. The Morgan fingerprint density at radius 3 is 2.75 bits per heavy atom. The summed E-state index contributed by atoms with van der Waals surface area (Å²) in [6.07, 6.45) is 1.26. The molecule has 24 heavy (non-hydrogen) atoms. The molecule has 8 heteroatoms. The third-order valence-corrected chi connectivity index (χ3v) is 4.72. The number of pyridine rings is 1. The van der Waals surface area contributed by atoms with Gasteiger partial charge in [0.05, 0.1) is 19.1 Å². The van der Waals surface area contributed by atoms with Crippen molar-refractivity contribution in [3.05, 3.63) is 23.9 Å². The monoisotopic (exact) mass is 339 g/mol. The maximum Gasteiger partial charge on any atom is 0.266 e. The van der Waals surface area contributed by atoms with E-state index >= 15 is 0 Å². The van der Waals surface area contributed by atoms with Crippen LogP contribution in [0, 0.1) is 5.41 Å². The highest BCUT2D eigenvalue weighted by Crippen LogP contribution is 2.45. The van der Waals surface area contributed by atoms with Crippen LogP contribution in [-0.2, 0) is 4.79 Å². The van der Waals surface area contributed by atoms with E-state index in [1.807, 2.05) is 0 Å². The number of aromatic nitrogens is 1. The van der Waals surface area contributed by atoms with E-state index in [1.165, 1.54) is 24.3 Å². The van der Waals surface area contributed by atoms with Crippen molar-refractivity contribution in [2.75, 3.05) is 33.8 Å². The number of methoxy groups -OCH3 is 1. The topological polar surface area (TPSA) is 62.7 Å². The first-order valence-electron chi connectivity index (χ1n) is 7.70. The molecular weight excluding hydrogens is 320 g/mol. The Morgan fingerprint density at radius 2 is 2.12 bits per heavy atom. The summed E-state index contributed by atoms with van der Waals surface area (Å²) in [5.74, 6) is -3.94. The summed E-state index contributed by atoms with van der Waals surface area (Å²) in [6, 6.07) is 3.03. The van der Waals surface area contributed by atoms with Gasteiger partial charge in [-0.15, -0.1) is 0 Å². The minimum atomic E-state index is -3.11. The lowest BCUT2D eigenvalue weighted by atomic mass is 9.76. The molecule has 0 aliphatic carbocycles. The normalized spacial score (nSPS) is 26.1. The number of nitrogens with zero attached hydrogens (tertiary/aromatic N) is 3. The second kappa shape index (κ2) is 5.68. The smallest absolute Gasteiger partial charge is 0.266 e. The third-order valence-electron chi connectivity index (χ3n) is 4.72. The lowest BCUT2D eigenvalue weighted by molar-refractivity contribution is -0.150. The minimum absolute atomic E-state index is 0.0113. The van der Waals surface area contributed by atoms with Crippen molar-refractivity contribution in [1.82, 2.24) is 14.8 Å². The summed E-state index contributed by atoms with van der Waals surface area (Å²) in [7, 11) is 2.96. The van der Waals surface area contributed by atoms with Gasteiger partial charge in [0.1, 0.15) is 5.56 Å². The van der Waals surface area contributed by atoms with Crippen LogP contribution in [0.2, 0.25) is 0 Å². The number of likely N-dealkylation sites (tertiary alicyclic amines) is 2. The van der Waals surface area contributed by atoms with Crippen molar-refractivity contribution < 1.29 is 23.1 Å². The molecule has 1 aromatic rings.